The van der Waals surface area contributed by atoms with Crippen molar-refractivity contribution in [3.05, 3.63) is 34.2 Å². The molecule has 0 fully saturated rings. The van der Waals surface area contributed by atoms with Crippen molar-refractivity contribution in [3.8, 4) is 5.75 Å². The molecular formula is C13H10BrF3N2O4. The zero-order chi connectivity index (χ0) is 17.1. The highest BCUT2D eigenvalue weighted by molar-refractivity contribution is 9.10. The third kappa shape index (κ3) is 3.64. The molecule has 1 aliphatic rings. The van der Waals surface area contributed by atoms with Crippen LogP contribution in [-0.2, 0) is 9.59 Å². The van der Waals surface area contributed by atoms with E-state index < -0.39 is 36.6 Å². The first-order valence-corrected chi connectivity index (χ1v) is 7.02. The van der Waals surface area contributed by atoms with Gasteiger partial charge in [0.15, 0.2) is 5.75 Å². The summed E-state index contributed by atoms with van der Waals surface area (Å²) < 4.78 is 42.3. The second-order valence-electron chi connectivity index (χ2n) is 4.32. The van der Waals surface area contributed by atoms with Crippen molar-refractivity contribution >= 4 is 33.4 Å². The highest BCUT2D eigenvalue weighted by atomic mass is 79.9. The summed E-state index contributed by atoms with van der Waals surface area (Å²) in [6.45, 7) is -3.83. The molecule has 0 unspecified atom stereocenters. The fourth-order valence-corrected chi connectivity index (χ4v) is 2.33. The van der Waals surface area contributed by atoms with Crippen molar-refractivity contribution in [1.82, 2.24) is 4.90 Å². The number of amides is 2. The van der Waals surface area contributed by atoms with Gasteiger partial charge in [0.25, 0.3) is 11.8 Å². The van der Waals surface area contributed by atoms with Crippen LogP contribution in [0.3, 0.4) is 0 Å². The number of imide groups is 1. The number of rotatable bonds is 6. The van der Waals surface area contributed by atoms with Crippen molar-refractivity contribution in [2.24, 2.45) is 0 Å². The predicted molar refractivity (Wildman–Crippen MR) is 76.2 cm³/mol. The molecule has 1 heterocycles. The molecule has 0 saturated heterocycles. The average molecular weight is 395 g/mol. The number of nitrogens with one attached hydrogen (secondary N) is 1. The minimum Gasteiger partial charge on any atom is -0.431 e. The molecule has 0 bridgehead atoms. The standard InChI is InChI=1S/C13H10BrF3N2O4/c14-10-6(15)1-2-7(11(10)23-13(16)17)18-8-5-9(21)19(3-4-20)12(8)22/h1-2,5,13,18,20H,3-4H2. The Bertz CT molecular complexity index is 681. The van der Waals surface area contributed by atoms with Gasteiger partial charge in [-0.2, -0.15) is 8.78 Å². The summed E-state index contributed by atoms with van der Waals surface area (Å²) in [7, 11) is 0. The van der Waals surface area contributed by atoms with Gasteiger partial charge in [0.05, 0.1) is 23.3 Å². The van der Waals surface area contributed by atoms with Crippen LogP contribution in [0.25, 0.3) is 0 Å². The number of ether oxygens (including phenoxy) is 1. The summed E-state index contributed by atoms with van der Waals surface area (Å²) in [5.74, 6) is -2.78. The number of halogens is 4. The number of anilines is 1. The maximum atomic E-state index is 13.5. The van der Waals surface area contributed by atoms with Gasteiger partial charge < -0.3 is 15.2 Å². The van der Waals surface area contributed by atoms with Crippen LogP contribution >= 0.6 is 15.9 Å². The Hall–Kier alpha value is -2.07. The molecule has 0 aromatic heterocycles. The van der Waals surface area contributed by atoms with Gasteiger partial charge in [-0.3, -0.25) is 14.5 Å². The summed E-state index contributed by atoms with van der Waals surface area (Å²) in [5.41, 5.74) is -0.335. The van der Waals surface area contributed by atoms with Gasteiger partial charge in [-0.05, 0) is 28.1 Å². The molecule has 10 heteroatoms. The number of aliphatic hydroxyl groups is 1. The summed E-state index contributed by atoms with van der Waals surface area (Å²) in [4.78, 5) is 24.4. The Kier molecular flexibility index (Phi) is 5.26. The second-order valence-corrected chi connectivity index (χ2v) is 5.11. The largest absolute Gasteiger partial charge is 0.431 e. The van der Waals surface area contributed by atoms with E-state index in [1.165, 1.54) is 0 Å². The number of β-amino-alcohol motifs (C(OH)–C–C–N with tert-alkyl or cyclic N) is 1. The van der Waals surface area contributed by atoms with Crippen LogP contribution in [0.15, 0.2) is 28.4 Å². The molecule has 1 aliphatic heterocycles. The van der Waals surface area contributed by atoms with Crippen LogP contribution in [0.1, 0.15) is 0 Å². The summed E-state index contributed by atoms with van der Waals surface area (Å²) >= 11 is 2.78. The fourth-order valence-electron chi connectivity index (χ4n) is 1.89. The molecule has 6 nitrogen and oxygen atoms in total. The van der Waals surface area contributed by atoms with Crippen molar-refractivity contribution in [2.75, 3.05) is 18.5 Å². The first kappa shape index (κ1) is 17.3. The summed E-state index contributed by atoms with van der Waals surface area (Å²) in [6.07, 6.45) is 0.946. The topological polar surface area (TPSA) is 78.9 Å². The highest BCUT2D eigenvalue weighted by Gasteiger charge is 2.31. The molecule has 0 saturated carbocycles. The van der Waals surface area contributed by atoms with Gasteiger partial charge in [0.2, 0.25) is 0 Å². The van der Waals surface area contributed by atoms with Gasteiger partial charge in [-0.1, -0.05) is 0 Å². The fraction of sp³-hybridized carbons (Fsp3) is 0.231. The van der Waals surface area contributed by atoms with E-state index in [2.05, 4.69) is 26.0 Å². The summed E-state index contributed by atoms with van der Waals surface area (Å²) in [5, 5.41) is 11.3. The maximum Gasteiger partial charge on any atom is 0.387 e. The van der Waals surface area contributed by atoms with Crippen molar-refractivity contribution in [3.63, 3.8) is 0 Å². The van der Waals surface area contributed by atoms with Crippen LogP contribution in [0.5, 0.6) is 5.75 Å². The van der Waals surface area contributed by atoms with E-state index >= 15 is 0 Å². The molecule has 1 aromatic rings. The van der Waals surface area contributed by atoms with E-state index in [9.17, 15) is 22.8 Å². The van der Waals surface area contributed by atoms with E-state index in [1.54, 1.807) is 0 Å². The molecule has 23 heavy (non-hydrogen) atoms. The average Bonchev–Trinajstić information content (AvgIpc) is 2.74. The number of nitrogens with zero attached hydrogens (tertiary/aromatic N) is 1. The van der Waals surface area contributed by atoms with Crippen LogP contribution in [0.2, 0.25) is 0 Å². The monoisotopic (exact) mass is 394 g/mol. The van der Waals surface area contributed by atoms with Crippen molar-refractivity contribution in [1.29, 1.82) is 0 Å². The lowest BCUT2D eigenvalue weighted by molar-refractivity contribution is -0.137. The minimum atomic E-state index is -3.21. The second kappa shape index (κ2) is 7.01. The lowest BCUT2D eigenvalue weighted by Crippen LogP contribution is -2.34. The lowest BCUT2D eigenvalue weighted by Gasteiger charge is -2.16. The van der Waals surface area contributed by atoms with Gasteiger partial charge in [-0.15, -0.1) is 0 Å². The van der Waals surface area contributed by atoms with Gasteiger partial charge in [-0.25, -0.2) is 4.39 Å². The molecule has 2 N–H and O–H groups in total. The van der Waals surface area contributed by atoms with E-state index in [0.29, 0.717) is 0 Å². The van der Waals surface area contributed by atoms with Crippen LogP contribution in [0.4, 0.5) is 18.9 Å². The normalized spacial score (nSPS) is 14.5. The lowest BCUT2D eigenvalue weighted by atomic mass is 10.2. The number of carbonyl (C=O) groups is 2. The Morgan fingerprint density at radius 1 is 1.35 bits per heavy atom. The van der Waals surface area contributed by atoms with Crippen molar-refractivity contribution < 1.29 is 32.6 Å². The van der Waals surface area contributed by atoms with E-state index in [-0.39, 0.29) is 22.4 Å². The third-order valence-corrected chi connectivity index (χ3v) is 3.60. The number of carbonyl (C=O) groups excluding carboxylic acids is 2. The first-order chi connectivity index (χ1) is 10.8. The predicted octanol–water partition coefficient (Wildman–Crippen LogP) is 1.85. The van der Waals surface area contributed by atoms with Crippen LogP contribution in [0, 0.1) is 5.82 Å². The van der Waals surface area contributed by atoms with E-state index in [1.807, 2.05) is 0 Å². The SMILES string of the molecule is O=C1C=C(Nc2ccc(F)c(Br)c2OC(F)F)C(=O)N1CCO. The zero-order valence-corrected chi connectivity index (χ0v) is 12.9. The maximum absolute atomic E-state index is 13.5. The zero-order valence-electron chi connectivity index (χ0n) is 11.4. The van der Waals surface area contributed by atoms with Gasteiger partial charge in [0.1, 0.15) is 11.5 Å². The third-order valence-electron chi connectivity index (χ3n) is 2.86. The molecule has 0 spiro atoms. The Labute approximate surface area is 136 Å². The molecule has 0 radical (unpaired) electrons. The number of hydrogen-bond acceptors (Lipinski definition) is 5. The quantitative estimate of drug-likeness (QED) is 0.719. The number of benzene rings is 1. The Balaban J connectivity index is 2.30. The number of hydrogen-bond donors (Lipinski definition) is 2. The number of alkyl halides is 2. The van der Waals surface area contributed by atoms with Gasteiger partial charge >= 0.3 is 6.61 Å². The molecular weight excluding hydrogens is 385 g/mol. The minimum absolute atomic E-state index is 0.128. The Morgan fingerprint density at radius 3 is 2.65 bits per heavy atom. The van der Waals surface area contributed by atoms with E-state index in [0.717, 1.165) is 23.1 Å². The molecule has 2 amide bonds. The van der Waals surface area contributed by atoms with Crippen molar-refractivity contribution in [2.45, 2.75) is 6.61 Å². The molecule has 2 rings (SSSR count). The van der Waals surface area contributed by atoms with Crippen LogP contribution in [-0.4, -0.2) is 41.6 Å². The highest BCUT2D eigenvalue weighted by Crippen LogP contribution is 2.37. The smallest absolute Gasteiger partial charge is 0.387 e. The first-order valence-electron chi connectivity index (χ1n) is 6.23. The summed E-state index contributed by atoms with van der Waals surface area (Å²) in [6, 6.07) is 2.06. The van der Waals surface area contributed by atoms with Gasteiger partial charge in [0, 0.05) is 6.08 Å². The molecule has 0 atom stereocenters. The molecule has 1 aromatic carbocycles. The molecule has 0 aliphatic carbocycles. The van der Waals surface area contributed by atoms with Crippen LogP contribution < -0.4 is 10.1 Å². The number of aliphatic hydroxyl groups excluding tert-OH is 1. The molecule has 124 valence electrons. The Morgan fingerprint density at radius 2 is 2.04 bits per heavy atom. The van der Waals surface area contributed by atoms with E-state index in [4.69, 9.17) is 5.11 Å².